The molecule has 0 atom stereocenters. The molecule has 0 aliphatic rings. The molecule has 0 unspecified atom stereocenters. The van der Waals surface area contributed by atoms with Crippen molar-refractivity contribution in [3.05, 3.63) is 46.8 Å². The summed E-state index contributed by atoms with van der Waals surface area (Å²) in [5, 5.41) is 2.85. The number of anilines is 2. The van der Waals surface area contributed by atoms with E-state index in [4.69, 9.17) is 4.42 Å². The number of benzene rings is 1. The molecule has 0 bridgehead atoms. The quantitative estimate of drug-likeness (QED) is 0.861. The van der Waals surface area contributed by atoms with E-state index in [1.807, 2.05) is 24.3 Å². The number of hydrogen-bond donors (Lipinski definition) is 1. The van der Waals surface area contributed by atoms with Crippen LogP contribution in [0.2, 0.25) is 0 Å². The SMILES string of the molecule is CCN(c1ccc(NC(=O)c2ccoc2Br)cc1)C(C)C. The Hall–Kier alpha value is -1.75. The maximum absolute atomic E-state index is 12.1. The molecule has 4 nitrogen and oxygen atoms in total. The highest BCUT2D eigenvalue weighted by molar-refractivity contribution is 9.10. The summed E-state index contributed by atoms with van der Waals surface area (Å²) < 4.78 is 5.50. The van der Waals surface area contributed by atoms with Crippen LogP contribution < -0.4 is 10.2 Å². The molecular weight excluding hydrogens is 332 g/mol. The zero-order valence-corrected chi connectivity index (χ0v) is 14.0. The van der Waals surface area contributed by atoms with E-state index in [0.717, 1.165) is 17.9 Å². The number of hydrogen-bond acceptors (Lipinski definition) is 3. The molecule has 1 amide bonds. The average molecular weight is 351 g/mol. The third kappa shape index (κ3) is 3.67. The van der Waals surface area contributed by atoms with Crippen molar-refractivity contribution in [2.24, 2.45) is 0 Å². The van der Waals surface area contributed by atoms with Gasteiger partial charge in [0.15, 0.2) is 4.67 Å². The molecule has 0 saturated heterocycles. The highest BCUT2D eigenvalue weighted by atomic mass is 79.9. The van der Waals surface area contributed by atoms with Gasteiger partial charge in [-0.3, -0.25) is 4.79 Å². The van der Waals surface area contributed by atoms with Crippen molar-refractivity contribution >= 4 is 33.2 Å². The number of rotatable bonds is 5. The van der Waals surface area contributed by atoms with E-state index in [1.165, 1.54) is 6.26 Å². The third-order valence-corrected chi connectivity index (χ3v) is 3.90. The fourth-order valence-electron chi connectivity index (χ4n) is 2.24. The van der Waals surface area contributed by atoms with Gasteiger partial charge < -0.3 is 14.6 Å². The fourth-order valence-corrected chi connectivity index (χ4v) is 2.66. The topological polar surface area (TPSA) is 45.5 Å². The smallest absolute Gasteiger partial charge is 0.260 e. The number of carbonyl (C=O) groups is 1. The lowest BCUT2D eigenvalue weighted by atomic mass is 10.2. The van der Waals surface area contributed by atoms with Gasteiger partial charge in [0.2, 0.25) is 0 Å². The van der Waals surface area contributed by atoms with E-state index in [2.05, 4.69) is 46.9 Å². The molecule has 0 aliphatic heterocycles. The number of furan rings is 1. The molecule has 0 radical (unpaired) electrons. The molecule has 2 aromatic rings. The molecule has 2 rings (SSSR count). The molecule has 1 aromatic heterocycles. The van der Waals surface area contributed by atoms with Crippen LogP contribution in [0.4, 0.5) is 11.4 Å². The highest BCUT2D eigenvalue weighted by Gasteiger charge is 2.13. The van der Waals surface area contributed by atoms with Gasteiger partial charge in [0, 0.05) is 24.0 Å². The normalized spacial score (nSPS) is 10.7. The number of nitrogens with zero attached hydrogens (tertiary/aromatic N) is 1. The van der Waals surface area contributed by atoms with Crippen molar-refractivity contribution in [1.29, 1.82) is 0 Å². The molecule has 5 heteroatoms. The second kappa shape index (κ2) is 6.80. The molecule has 112 valence electrons. The first kappa shape index (κ1) is 15.6. The van der Waals surface area contributed by atoms with Crippen LogP contribution >= 0.6 is 15.9 Å². The number of amides is 1. The van der Waals surface area contributed by atoms with Crippen molar-refractivity contribution in [2.45, 2.75) is 26.8 Å². The van der Waals surface area contributed by atoms with Gasteiger partial charge in [-0.15, -0.1) is 0 Å². The number of nitrogens with one attached hydrogen (secondary N) is 1. The second-order valence-electron chi connectivity index (χ2n) is 4.99. The second-order valence-corrected chi connectivity index (χ2v) is 5.71. The maximum atomic E-state index is 12.1. The Morgan fingerprint density at radius 1 is 1.29 bits per heavy atom. The molecule has 1 N–H and O–H groups in total. The van der Waals surface area contributed by atoms with Crippen LogP contribution in [-0.4, -0.2) is 18.5 Å². The minimum absolute atomic E-state index is 0.195. The fraction of sp³-hybridized carbons (Fsp3) is 0.312. The summed E-state index contributed by atoms with van der Waals surface area (Å²) in [7, 11) is 0. The van der Waals surface area contributed by atoms with Gasteiger partial charge in [-0.25, -0.2) is 0 Å². The van der Waals surface area contributed by atoms with Crippen LogP contribution in [0.25, 0.3) is 0 Å². The van der Waals surface area contributed by atoms with Crippen molar-refractivity contribution in [3.8, 4) is 0 Å². The van der Waals surface area contributed by atoms with Crippen LogP contribution in [0.15, 0.2) is 45.7 Å². The maximum Gasteiger partial charge on any atom is 0.260 e. The van der Waals surface area contributed by atoms with Gasteiger partial charge in [0.25, 0.3) is 5.91 Å². The minimum Gasteiger partial charge on any atom is -0.457 e. The van der Waals surface area contributed by atoms with Crippen molar-refractivity contribution < 1.29 is 9.21 Å². The monoisotopic (exact) mass is 350 g/mol. The van der Waals surface area contributed by atoms with Crippen LogP contribution in [0.5, 0.6) is 0 Å². The van der Waals surface area contributed by atoms with Gasteiger partial charge >= 0.3 is 0 Å². The molecule has 0 fully saturated rings. The van der Waals surface area contributed by atoms with E-state index < -0.39 is 0 Å². The Labute approximate surface area is 133 Å². The Bertz CT molecular complexity index is 605. The van der Waals surface area contributed by atoms with E-state index in [-0.39, 0.29) is 5.91 Å². The van der Waals surface area contributed by atoms with Crippen LogP contribution in [-0.2, 0) is 0 Å². The van der Waals surface area contributed by atoms with Gasteiger partial charge in [0.05, 0.1) is 11.8 Å². The molecule has 1 aromatic carbocycles. The Kier molecular flexibility index (Phi) is 5.07. The van der Waals surface area contributed by atoms with Gasteiger partial charge in [0.1, 0.15) is 0 Å². The summed E-state index contributed by atoms with van der Waals surface area (Å²) in [5.41, 5.74) is 2.39. The lowest BCUT2D eigenvalue weighted by Crippen LogP contribution is -2.30. The summed E-state index contributed by atoms with van der Waals surface area (Å²) in [6, 6.07) is 9.93. The Balaban J connectivity index is 2.09. The predicted molar refractivity (Wildman–Crippen MR) is 89.0 cm³/mol. The summed E-state index contributed by atoms with van der Waals surface area (Å²) in [6.07, 6.45) is 1.48. The first-order chi connectivity index (χ1) is 10.0. The Morgan fingerprint density at radius 3 is 2.43 bits per heavy atom. The van der Waals surface area contributed by atoms with E-state index in [0.29, 0.717) is 16.3 Å². The highest BCUT2D eigenvalue weighted by Crippen LogP contribution is 2.22. The van der Waals surface area contributed by atoms with Crippen molar-refractivity contribution in [2.75, 3.05) is 16.8 Å². The predicted octanol–water partition coefficient (Wildman–Crippen LogP) is 4.53. The molecule has 21 heavy (non-hydrogen) atoms. The average Bonchev–Trinajstić information content (AvgIpc) is 2.87. The van der Waals surface area contributed by atoms with Gasteiger partial charge in [-0.1, -0.05) is 0 Å². The zero-order chi connectivity index (χ0) is 15.4. The summed E-state index contributed by atoms with van der Waals surface area (Å²) in [6.45, 7) is 7.41. The lowest BCUT2D eigenvalue weighted by Gasteiger charge is -2.27. The van der Waals surface area contributed by atoms with Crippen LogP contribution in [0, 0.1) is 0 Å². The van der Waals surface area contributed by atoms with E-state index in [1.54, 1.807) is 6.07 Å². The lowest BCUT2D eigenvalue weighted by molar-refractivity contribution is 0.102. The largest absolute Gasteiger partial charge is 0.457 e. The first-order valence-electron chi connectivity index (χ1n) is 6.94. The van der Waals surface area contributed by atoms with Crippen LogP contribution in [0.1, 0.15) is 31.1 Å². The van der Waals surface area contributed by atoms with Crippen LogP contribution in [0.3, 0.4) is 0 Å². The number of carbonyl (C=O) groups excluding carboxylic acids is 1. The van der Waals surface area contributed by atoms with Gasteiger partial charge in [-0.05, 0) is 67.0 Å². The molecule has 0 aliphatic carbocycles. The standard InChI is InChI=1S/C16H19BrN2O2/c1-4-19(11(2)3)13-7-5-12(6-8-13)18-16(20)14-9-10-21-15(14)17/h5-11H,4H2,1-3H3,(H,18,20). The third-order valence-electron chi connectivity index (χ3n) is 3.28. The Morgan fingerprint density at radius 2 is 1.95 bits per heavy atom. The molecular formula is C16H19BrN2O2. The van der Waals surface area contributed by atoms with Crippen molar-refractivity contribution in [3.63, 3.8) is 0 Å². The molecule has 0 spiro atoms. The summed E-state index contributed by atoms with van der Waals surface area (Å²) in [5.74, 6) is -0.195. The minimum atomic E-state index is -0.195. The van der Waals surface area contributed by atoms with E-state index in [9.17, 15) is 4.79 Å². The first-order valence-corrected chi connectivity index (χ1v) is 7.73. The van der Waals surface area contributed by atoms with Crippen molar-refractivity contribution in [1.82, 2.24) is 0 Å². The molecule has 1 heterocycles. The van der Waals surface area contributed by atoms with E-state index >= 15 is 0 Å². The summed E-state index contributed by atoms with van der Waals surface area (Å²) in [4.78, 5) is 14.4. The van der Waals surface area contributed by atoms with Gasteiger partial charge in [-0.2, -0.15) is 0 Å². The molecule has 0 saturated carbocycles. The zero-order valence-electron chi connectivity index (χ0n) is 12.4. The summed E-state index contributed by atoms with van der Waals surface area (Å²) >= 11 is 3.20. The number of halogens is 1.